The van der Waals surface area contributed by atoms with Crippen LogP contribution in [0.3, 0.4) is 0 Å². The summed E-state index contributed by atoms with van der Waals surface area (Å²) >= 11 is 0. The van der Waals surface area contributed by atoms with Crippen molar-refractivity contribution in [2.24, 2.45) is 5.92 Å². The smallest absolute Gasteiger partial charge is 0.270 e. The SMILES string of the molecule is O=C(NCC1CCCCC1)c1ccn2ncc(-c3ccc(OCc4ccccc4)cc3)c2n1. The average molecular weight is 441 g/mol. The highest BCUT2D eigenvalue weighted by atomic mass is 16.5. The van der Waals surface area contributed by atoms with Crippen LogP contribution in [-0.2, 0) is 6.61 Å². The van der Waals surface area contributed by atoms with Crippen molar-refractivity contribution in [3.8, 4) is 16.9 Å². The second-order valence-corrected chi connectivity index (χ2v) is 8.65. The van der Waals surface area contributed by atoms with E-state index < -0.39 is 0 Å². The van der Waals surface area contributed by atoms with Gasteiger partial charge in [-0.1, -0.05) is 61.7 Å². The Labute approximate surface area is 193 Å². The van der Waals surface area contributed by atoms with E-state index in [9.17, 15) is 4.79 Å². The van der Waals surface area contributed by atoms with Crippen molar-refractivity contribution in [3.63, 3.8) is 0 Å². The highest BCUT2D eigenvalue weighted by molar-refractivity contribution is 5.93. The average Bonchev–Trinajstić information content (AvgIpc) is 3.31. The number of nitrogens with zero attached hydrogens (tertiary/aromatic N) is 3. The first-order valence-electron chi connectivity index (χ1n) is 11.7. The van der Waals surface area contributed by atoms with Crippen molar-refractivity contribution in [1.82, 2.24) is 19.9 Å². The van der Waals surface area contributed by atoms with Gasteiger partial charge >= 0.3 is 0 Å². The summed E-state index contributed by atoms with van der Waals surface area (Å²) in [5.41, 5.74) is 4.07. The van der Waals surface area contributed by atoms with Crippen molar-refractivity contribution >= 4 is 11.6 Å². The van der Waals surface area contributed by atoms with Gasteiger partial charge in [0.05, 0.1) is 6.20 Å². The molecule has 0 atom stereocenters. The molecule has 6 heteroatoms. The Kier molecular flexibility index (Phi) is 6.33. The number of fused-ring (bicyclic) bond motifs is 1. The number of amides is 1. The maximum Gasteiger partial charge on any atom is 0.270 e. The predicted molar refractivity (Wildman–Crippen MR) is 128 cm³/mol. The van der Waals surface area contributed by atoms with E-state index in [1.807, 2.05) is 54.6 Å². The summed E-state index contributed by atoms with van der Waals surface area (Å²) in [7, 11) is 0. The molecule has 1 fully saturated rings. The van der Waals surface area contributed by atoms with Crippen molar-refractivity contribution in [2.45, 2.75) is 38.7 Å². The molecule has 168 valence electrons. The summed E-state index contributed by atoms with van der Waals surface area (Å²) in [5.74, 6) is 1.26. The first kappa shape index (κ1) is 21.2. The number of ether oxygens (including phenoxy) is 1. The van der Waals surface area contributed by atoms with Gasteiger partial charge in [0.2, 0.25) is 0 Å². The zero-order valence-corrected chi connectivity index (χ0v) is 18.6. The Balaban J connectivity index is 1.28. The Morgan fingerprint density at radius 3 is 2.58 bits per heavy atom. The van der Waals surface area contributed by atoms with Crippen molar-refractivity contribution in [2.75, 3.05) is 6.54 Å². The summed E-state index contributed by atoms with van der Waals surface area (Å²) in [6.07, 6.45) is 9.81. The summed E-state index contributed by atoms with van der Waals surface area (Å²) in [6, 6.07) is 19.7. The van der Waals surface area contributed by atoms with Crippen LogP contribution in [0.15, 0.2) is 73.1 Å². The van der Waals surface area contributed by atoms with E-state index in [1.54, 1.807) is 23.0 Å². The molecular formula is C27H28N4O2. The van der Waals surface area contributed by atoms with Gasteiger partial charge in [0.1, 0.15) is 18.1 Å². The molecule has 0 bridgehead atoms. The van der Waals surface area contributed by atoms with Gasteiger partial charge in [0, 0.05) is 18.3 Å². The molecule has 4 aromatic rings. The molecule has 1 aliphatic rings. The third-order valence-electron chi connectivity index (χ3n) is 6.29. The number of hydrogen-bond acceptors (Lipinski definition) is 4. The fourth-order valence-corrected chi connectivity index (χ4v) is 4.39. The Morgan fingerprint density at radius 1 is 1.00 bits per heavy atom. The molecule has 6 nitrogen and oxygen atoms in total. The van der Waals surface area contributed by atoms with E-state index in [-0.39, 0.29) is 5.91 Å². The molecular weight excluding hydrogens is 412 g/mol. The van der Waals surface area contributed by atoms with Crippen LogP contribution in [0.25, 0.3) is 16.8 Å². The van der Waals surface area contributed by atoms with Crippen molar-refractivity contribution in [1.29, 1.82) is 0 Å². The zero-order chi connectivity index (χ0) is 22.5. The number of nitrogens with one attached hydrogen (secondary N) is 1. The van der Waals surface area contributed by atoms with Crippen LogP contribution in [0.5, 0.6) is 5.75 Å². The van der Waals surface area contributed by atoms with E-state index in [2.05, 4.69) is 15.4 Å². The number of carbonyl (C=O) groups excluding carboxylic acids is 1. The normalized spacial score (nSPS) is 14.3. The van der Waals surface area contributed by atoms with Gasteiger partial charge in [0.25, 0.3) is 5.91 Å². The molecule has 1 aliphatic carbocycles. The molecule has 1 amide bonds. The monoisotopic (exact) mass is 440 g/mol. The lowest BCUT2D eigenvalue weighted by atomic mass is 9.89. The third-order valence-corrected chi connectivity index (χ3v) is 6.29. The number of benzene rings is 2. The highest BCUT2D eigenvalue weighted by Gasteiger charge is 2.17. The lowest BCUT2D eigenvalue weighted by molar-refractivity contribution is 0.0938. The molecule has 2 aromatic carbocycles. The minimum absolute atomic E-state index is 0.125. The topological polar surface area (TPSA) is 68.5 Å². The predicted octanol–water partition coefficient (Wildman–Crippen LogP) is 5.29. The second-order valence-electron chi connectivity index (χ2n) is 8.65. The van der Waals surface area contributed by atoms with E-state index >= 15 is 0 Å². The number of aromatic nitrogens is 3. The first-order valence-corrected chi connectivity index (χ1v) is 11.7. The van der Waals surface area contributed by atoms with E-state index in [4.69, 9.17) is 4.74 Å². The fourth-order valence-electron chi connectivity index (χ4n) is 4.39. The van der Waals surface area contributed by atoms with E-state index in [0.717, 1.165) is 29.0 Å². The minimum Gasteiger partial charge on any atom is -0.489 e. The van der Waals surface area contributed by atoms with Gasteiger partial charge in [-0.3, -0.25) is 4.79 Å². The summed E-state index contributed by atoms with van der Waals surface area (Å²) in [5, 5.41) is 7.48. The van der Waals surface area contributed by atoms with Crippen LogP contribution in [-0.4, -0.2) is 27.0 Å². The molecule has 0 radical (unpaired) electrons. The van der Waals surface area contributed by atoms with Crippen LogP contribution in [0.1, 0.15) is 48.2 Å². The highest BCUT2D eigenvalue weighted by Crippen LogP contribution is 2.26. The summed E-state index contributed by atoms with van der Waals surface area (Å²) < 4.78 is 7.59. The molecule has 0 saturated heterocycles. The van der Waals surface area contributed by atoms with E-state index in [1.165, 1.54) is 32.1 Å². The quantitative estimate of drug-likeness (QED) is 0.424. The lowest BCUT2D eigenvalue weighted by Crippen LogP contribution is -2.30. The third kappa shape index (κ3) is 5.06. The van der Waals surface area contributed by atoms with Gasteiger partial charge in [0.15, 0.2) is 5.65 Å². The molecule has 2 aromatic heterocycles. The standard InChI is InChI=1S/C27H28N4O2/c32-27(28-17-20-7-3-1-4-8-20)25-15-16-31-26(30-25)24(18-29-31)22-11-13-23(14-12-22)33-19-21-9-5-2-6-10-21/h2,5-6,9-16,18,20H,1,3-4,7-8,17,19H2,(H,28,32). The molecule has 0 spiro atoms. The van der Waals surface area contributed by atoms with Crippen LogP contribution in [0.4, 0.5) is 0 Å². The largest absolute Gasteiger partial charge is 0.489 e. The van der Waals surface area contributed by atoms with Crippen LogP contribution in [0.2, 0.25) is 0 Å². The maximum absolute atomic E-state index is 12.7. The van der Waals surface area contributed by atoms with Gasteiger partial charge in [-0.2, -0.15) is 5.10 Å². The number of rotatable bonds is 7. The van der Waals surface area contributed by atoms with Gasteiger partial charge in [-0.05, 0) is 48.1 Å². The molecule has 0 unspecified atom stereocenters. The fraction of sp³-hybridized carbons (Fsp3) is 0.296. The van der Waals surface area contributed by atoms with Crippen LogP contribution >= 0.6 is 0 Å². The summed E-state index contributed by atoms with van der Waals surface area (Å²) in [6.45, 7) is 1.25. The molecule has 0 aliphatic heterocycles. The Morgan fingerprint density at radius 2 is 1.79 bits per heavy atom. The van der Waals surface area contributed by atoms with Gasteiger partial charge in [-0.25, -0.2) is 9.50 Å². The molecule has 1 N–H and O–H groups in total. The Bertz CT molecular complexity index is 1210. The molecule has 5 rings (SSSR count). The first-order chi connectivity index (χ1) is 16.3. The van der Waals surface area contributed by atoms with Crippen LogP contribution in [0, 0.1) is 5.92 Å². The second kappa shape index (κ2) is 9.86. The number of hydrogen-bond donors (Lipinski definition) is 1. The van der Waals surface area contributed by atoms with Gasteiger partial charge < -0.3 is 10.1 Å². The van der Waals surface area contributed by atoms with Crippen molar-refractivity contribution < 1.29 is 9.53 Å². The summed E-state index contributed by atoms with van der Waals surface area (Å²) in [4.78, 5) is 17.3. The zero-order valence-electron chi connectivity index (χ0n) is 18.6. The van der Waals surface area contributed by atoms with Crippen molar-refractivity contribution in [3.05, 3.63) is 84.3 Å². The number of carbonyl (C=O) groups is 1. The molecule has 33 heavy (non-hydrogen) atoms. The lowest BCUT2D eigenvalue weighted by Gasteiger charge is -2.21. The van der Waals surface area contributed by atoms with Crippen LogP contribution < -0.4 is 10.1 Å². The molecule has 1 saturated carbocycles. The van der Waals surface area contributed by atoms with E-state index in [0.29, 0.717) is 23.9 Å². The van der Waals surface area contributed by atoms with Gasteiger partial charge in [-0.15, -0.1) is 0 Å². The Hall–Kier alpha value is -3.67. The minimum atomic E-state index is -0.125. The maximum atomic E-state index is 12.7. The molecule has 2 heterocycles.